The van der Waals surface area contributed by atoms with Crippen LogP contribution in [0.3, 0.4) is 0 Å². The molecule has 0 N–H and O–H groups in total. The Labute approximate surface area is 169 Å². The number of amides is 1. The molecule has 1 heterocycles. The smallest absolute Gasteiger partial charge is 0.254 e. The van der Waals surface area contributed by atoms with Gasteiger partial charge in [0.1, 0.15) is 0 Å². The standard InChI is InChI=1S/C24H21N3O2/c28-18-25-20-10-12-21(13-11-20)26-14-16-27(17-15-26)24(29)23-9-5-4-8-22(23)19-6-2-1-3-7-19/h1-13H,14-17H2. The lowest BCUT2D eigenvalue weighted by Crippen LogP contribution is -2.48. The molecule has 1 amide bonds. The predicted molar refractivity (Wildman–Crippen MR) is 114 cm³/mol. The normalized spacial score (nSPS) is 13.7. The van der Waals surface area contributed by atoms with Gasteiger partial charge in [-0.1, -0.05) is 48.5 Å². The van der Waals surface area contributed by atoms with Crippen molar-refractivity contribution in [2.75, 3.05) is 31.1 Å². The van der Waals surface area contributed by atoms with Crippen LogP contribution in [0.2, 0.25) is 0 Å². The summed E-state index contributed by atoms with van der Waals surface area (Å²) in [5, 5.41) is 0. The number of benzene rings is 3. The molecule has 0 atom stereocenters. The quantitative estimate of drug-likeness (QED) is 0.499. The van der Waals surface area contributed by atoms with E-state index in [1.807, 2.05) is 71.6 Å². The van der Waals surface area contributed by atoms with E-state index in [1.54, 1.807) is 18.2 Å². The fourth-order valence-corrected chi connectivity index (χ4v) is 3.67. The number of nitrogens with zero attached hydrogens (tertiary/aromatic N) is 3. The molecule has 3 aromatic rings. The van der Waals surface area contributed by atoms with Crippen LogP contribution in [0.1, 0.15) is 10.4 Å². The number of carbonyl (C=O) groups is 1. The lowest BCUT2D eigenvalue weighted by molar-refractivity contribution is 0.0747. The highest BCUT2D eigenvalue weighted by Crippen LogP contribution is 2.26. The summed E-state index contributed by atoms with van der Waals surface area (Å²) in [5.74, 6) is 0.0692. The third kappa shape index (κ3) is 4.10. The number of hydrogen-bond acceptors (Lipinski definition) is 4. The number of carbonyl (C=O) groups excluding carboxylic acids is 2. The molecule has 144 valence electrons. The van der Waals surface area contributed by atoms with Crippen LogP contribution in [0.4, 0.5) is 11.4 Å². The molecule has 0 aromatic heterocycles. The van der Waals surface area contributed by atoms with Gasteiger partial charge >= 0.3 is 0 Å². The van der Waals surface area contributed by atoms with Gasteiger partial charge in [-0.3, -0.25) is 4.79 Å². The zero-order chi connectivity index (χ0) is 20.1. The van der Waals surface area contributed by atoms with E-state index in [2.05, 4.69) is 9.89 Å². The van der Waals surface area contributed by atoms with Crippen LogP contribution in [0, 0.1) is 0 Å². The largest absolute Gasteiger partial charge is 0.368 e. The Bertz CT molecular complexity index is 1030. The zero-order valence-electron chi connectivity index (χ0n) is 16.0. The van der Waals surface area contributed by atoms with E-state index >= 15 is 0 Å². The summed E-state index contributed by atoms with van der Waals surface area (Å²) in [7, 11) is 0. The topological polar surface area (TPSA) is 53.0 Å². The third-order valence-electron chi connectivity index (χ3n) is 5.20. The Morgan fingerprint density at radius 1 is 0.793 bits per heavy atom. The van der Waals surface area contributed by atoms with Crippen LogP contribution in [-0.2, 0) is 4.79 Å². The fraction of sp³-hybridized carbons (Fsp3) is 0.167. The minimum Gasteiger partial charge on any atom is -0.368 e. The summed E-state index contributed by atoms with van der Waals surface area (Å²) in [6, 6.07) is 25.3. The fourth-order valence-electron chi connectivity index (χ4n) is 3.67. The lowest BCUT2D eigenvalue weighted by Gasteiger charge is -2.36. The molecule has 1 aliphatic rings. The molecule has 0 unspecified atom stereocenters. The lowest BCUT2D eigenvalue weighted by atomic mass is 9.98. The van der Waals surface area contributed by atoms with Gasteiger partial charge in [-0.05, 0) is 41.5 Å². The molecule has 1 saturated heterocycles. The Morgan fingerprint density at radius 3 is 2.14 bits per heavy atom. The first-order chi connectivity index (χ1) is 14.3. The summed E-state index contributed by atoms with van der Waals surface area (Å²) in [5.41, 5.74) is 4.41. The number of anilines is 1. The minimum absolute atomic E-state index is 0.0692. The second kappa shape index (κ2) is 8.55. The summed E-state index contributed by atoms with van der Waals surface area (Å²) < 4.78 is 0. The van der Waals surface area contributed by atoms with Crippen molar-refractivity contribution >= 4 is 23.4 Å². The van der Waals surface area contributed by atoms with Crippen molar-refractivity contribution < 1.29 is 9.59 Å². The van der Waals surface area contributed by atoms with Gasteiger partial charge in [0.2, 0.25) is 6.08 Å². The second-order valence-corrected chi connectivity index (χ2v) is 6.91. The molecular formula is C24H21N3O2. The Kier molecular flexibility index (Phi) is 5.50. The van der Waals surface area contributed by atoms with Crippen molar-refractivity contribution in [1.29, 1.82) is 0 Å². The first kappa shape index (κ1) is 18.7. The number of isocyanates is 1. The summed E-state index contributed by atoms with van der Waals surface area (Å²) in [4.78, 5) is 31.3. The number of aliphatic imine (C=N–C) groups is 1. The number of hydrogen-bond donors (Lipinski definition) is 0. The SMILES string of the molecule is O=C=Nc1ccc(N2CCN(C(=O)c3ccccc3-c3ccccc3)CC2)cc1. The molecule has 0 bridgehead atoms. The Morgan fingerprint density at radius 2 is 1.45 bits per heavy atom. The molecule has 1 aliphatic heterocycles. The van der Waals surface area contributed by atoms with Gasteiger partial charge in [0.05, 0.1) is 5.69 Å². The highest BCUT2D eigenvalue weighted by Gasteiger charge is 2.24. The van der Waals surface area contributed by atoms with Gasteiger partial charge in [-0.25, -0.2) is 4.79 Å². The first-order valence-electron chi connectivity index (χ1n) is 9.63. The molecule has 0 radical (unpaired) electrons. The van der Waals surface area contributed by atoms with Gasteiger partial charge in [0.15, 0.2) is 0 Å². The third-order valence-corrected chi connectivity index (χ3v) is 5.20. The summed E-state index contributed by atoms with van der Waals surface area (Å²) in [6.45, 7) is 2.84. The van der Waals surface area contributed by atoms with Crippen molar-refractivity contribution in [2.24, 2.45) is 4.99 Å². The van der Waals surface area contributed by atoms with Crippen LogP contribution >= 0.6 is 0 Å². The van der Waals surface area contributed by atoms with Crippen LogP contribution in [-0.4, -0.2) is 43.1 Å². The van der Waals surface area contributed by atoms with Crippen LogP contribution in [0.25, 0.3) is 11.1 Å². The van der Waals surface area contributed by atoms with Crippen molar-refractivity contribution in [3.05, 3.63) is 84.4 Å². The highest BCUT2D eigenvalue weighted by atomic mass is 16.2. The Hall–Kier alpha value is -3.69. The van der Waals surface area contributed by atoms with E-state index < -0.39 is 0 Å². The van der Waals surface area contributed by atoms with E-state index in [4.69, 9.17) is 0 Å². The van der Waals surface area contributed by atoms with Gasteiger partial charge in [0.25, 0.3) is 5.91 Å². The van der Waals surface area contributed by atoms with Gasteiger partial charge in [-0.2, -0.15) is 4.99 Å². The molecule has 5 nitrogen and oxygen atoms in total. The maximum absolute atomic E-state index is 13.2. The Balaban J connectivity index is 1.47. The number of rotatable bonds is 4. The first-order valence-corrected chi connectivity index (χ1v) is 9.63. The van der Waals surface area contributed by atoms with E-state index in [0.717, 1.165) is 35.5 Å². The molecular weight excluding hydrogens is 362 g/mol. The molecule has 1 fully saturated rings. The molecule has 5 heteroatoms. The molecule has 4 rings (SSSR count). The predicted octanol–water partition coefficient (Wildman–Crippen LogP) is 4.28. The van der Waals surface area contributed by atoms with Crippen LogP contribution in [0.15, 0.2) is 83.9 Å². The molecule has 3 aromatic carbocycles. The van der Waals surface area contributed by atoms with E-state index in [-0.39, 0.29) is 5.91 Å². The van der Waals surface area contributed by atoms with E-state index in [0.29, 0.717) is 18.8 Å². The van der Waals surface area contributed by atoms with Crippen LogP contribution < -0.4 is 4.90 Å². The van der Waals surface area contributed by atoms with Crippen molar-refractivity contribution in [2.45, 2.75) is 0 Å². The van der Waals surface area contributed by atoms with E-state index in [9.17, 15) is 9.59 Å². The number of piperazine rings is 1. The van der Waals surface area contributed by atoms with E-state index in [1.165, 1.54) is 0 Å². The maximum Gasteiger partial charge on any atom is 0.254 e. The van der Waals surface area contributed by atoms with Crippen molar-refractivity contribution in [1.82, 2.24) is 4.90 Å². The summed E-state index contributed by atoms with van der Waals surface area (Å²) in [6.07, 6.45) is 1.55. The van der Waals surface area contributed by atoms with Gasteiger partial charge in [-0.15, -0.1) is 0 Å². The average molecular weight is 383 g/mol. The van der Waals surface area contributed by atoms with Crippen molar-refractivity contribution in [3.63, 3.8) is 0 Å². The molecule has 0 aliphatic carbocycles. The second-order valence-electron chi connectivity index (χ2n) is 6.91. The molecule has 0 spiro atoms. The minimum atomic E-state index is 0.0692. The molecule has 0 saturated carbocycles. The van der Waals surface area contributed by atoms with Gasteiger partial charge in [0, 0.05) is 37.4 Å². The monoisotopic (exact) mass is 383 g/mol. The maximum atomic E-state index is 13.2. The van der Waals surface area contributed by atoms with Crippen molar-refractivity contribution in [3.8, 4) is 11.1 Å². The molecule has 29 heavy (non-hydrogen) atoms. The zero-order valence-corrected chi connectivity index (χ0v) is 16.0. The van der Waals surface area contributed by atoms with Gasteiger partial charge < -0.3 is 9.80 Å². The summed E-state index contributed by atoms with van der Waals surface area (Å²) >= 11 is 0. The average Bonchev–Trinajstić information content (AvgIpc) is 2.80. The van der Waals surface area contributed by atoms with Crippen LogP contribution in [0.5, 0.6) is 0 Å². The highest BCUT2D eigenvalue weighted by molar-refractivity contribution is 6.01.